The van der Waals surface area contributed by atoms with Crippen LogP contribution in [0.15, 0.2) is 47.3 Å². The third-order valence-corrected chi connectivity index (χ3v) is 5.01. The molecule has 2 heterocycles. The number of nitrogens with zero attached hydrogens (tertiary/aromatic N) is 2. The van der Waals surface area contributed by atoms with Gasteiger partial charge in [-0.3, -0.25) is 9.36 Å². The molecule has 5 heteroatoms. The van der Waals surface area contributed by atoms with Crippen LogP contribution in [-0.2, 0) is 13.0 Å². The Bertz CT molecular complexity index is 1150. The van der Waals surface area contributed by atoms with Gasteiger partial charge in [0.25, 0.3) is 5.56 Å². The van der Waals surface area contributed by atoms with E-state index < -0.39 is 5.79 Å². The summed E-state index contributed by atoms with van der Waals surface area (Å²) in [4.78, 5) is 17.4. The Labute approximate surface area is 156 Å². The van der Waals surface area contributed by atoms with E-state index in [2.05, 4.69) is 16.8 Å². The van der Waals surface area contributed by atoms with Gasteiger partial charge in [-0.05, 0) is 36.8 Å². The summed E-state index contributed by atoms with van der Waals surface area (Å²) in [5.41, 5.74) is 3.31. The fourth-order valence-corrected chi connectivity index (χ4v) is 3.35. The molecule has 0 saturated carbocycles. The molecular formula is C22H20N2O3. The monoisotopic (exact) mass is 360 g/mol. The Morgan fingerprint density at radius 2 is 1.93 bits per heavy atom. The van der Waals surface area contributed by atoms with Crippen LogP contribution >= 0.6 is 0 Å². The third-order valence-electron chi connectivity index (χ3n) is 5.01. The molecular weight excluding hydrogens is 340 g/mol. The van der Waals surface area contributed by atoms with Crippen molar-refractivity contribution in [1.29, 1.82) is 0 Å². The normalized spacial score (nSPS) is 15.5. The molecule has 1 aliphatic rings. The summed E-state index contributed by atoms with van der Waals surface area (Å²) < 4.78 is 1.55. The van der Waals surface area contributed by atoms with Gasteiger partial charge in [-0.15, -0.1) is 0 Å². The molecule has 1 aromatic heterocycles. The molecule has 0 aliphatic carbocycles. The van der Waals surface area contributed by atoms with Gasteiger partial charge in [0.2, 0.25) is 0 Å². The highest BCUT2D eigenvalue weighted by molar-refractivity contribution is 5.79. The number of benzene rings is 2. The number of aliphatic hydroxyl groups is 2. The summed E-state index contributed by atoms with van der Waals surface area (Å²) in [5, 5.41) is 20.3. The van der Waals surface area contributed by atoms with Crippen molar-refractivity contribution >= 4 is 10.9 Å². The van der Waals surface area contributed by atoms with Crippen LogP contribution in [-0.4, -0.2) is 25.6 Å². The van der Waals surface area contributed by atoms with E-state index in [0.717, 1.165) is 16.7 Å². The van der Waals surface area contributed by atoms with E-state index in [-0.39, 0.29) is 24.9 Å². The highest BCUT2D eigenvalue weighted by Crippen LogP contribution is 2.21. The minimum atomic E-state index is -1.75. The van der Waals surface area contributed by atoms with Crippen molar-refractivity contribution in [3.8, 4) is 11.8 Å². The van der Waals surface area contributed by atoms with Crippen molar-refractivity contribution in [3.05, 3.63) is 75.3 Å². The third kappa shape index (κ3) is 3.50. The van der Waals surface area contributed by atoms with Crippen molar-refractivity contribution in [3.63, 3.8) is 0 Å². The van der Waals surface area contributed by atoms with E-state index >= 15 is 0 Å². The molecule has 2 N–H and O–H groups in total. The summed E-state index contributed by atoms with van der Waals surface area (Å²) >= 11 is 0. The van der Waals surface area contributed by atoms with E-state index in [9.17, 15) is 15.0 Å². The molecule has 0 atom stereocenters. The van der Waals surface area contributed by atoms with E-state index in [1.807, 2.05) is 43.3 Å². The summed E-state index contributed by atoms with van der Waals surface area (Å²) in [6, 6.07) is 13.3. The first-order valence-corrected chi connectivity index (χ1v) is 8.99. The Balaban J connectivity index is 1.76. The molecule has 0 radical (unpaired) electrons. The first-order chi connectivity index (χ1) is 12.9. The first-order valence-electron chi connectivity index (χ1n) is 8.99. The Morgan fingerprint density at radius 3 is 2.74 bits per heavy atom. The largest absolute Gasteiger partial charge is 0.366 e. The van der Waals surface area contributed by atoms with Crippen molar-refractivity contribution in [2.24, 2.45) is 0 Å². The second-order valence-corrected chi connectivity index (χ2v) is 7.01. The smallest absolute Gasteiger partial charge is 0.261 e. The zero-order chi connectivity index (χ0) is 19.0. The highest BCUT2D eigenvalue weighted by Gasteiger charge is 2.28. The second kappa shape index (κ2) is 6.66. The van der Waals surface area contributed by atoms with Crippen molar-refractivity contribution in [2.75, 3.05) is 0 Å². The molecule has 3 aromatic rings. The fraction of sp³-hybridized carbons (Fsp3) is 0.273. The van der Waals surface area contributed by atoms with Crippen LogP contribution in [0.2, 0.25) is 0 Å². The molecule has 1 aliphatic heterocycles. The van der Waals surface area contributed by atoms with Gasteiger partial charge in [0.05, 0.1) is 10.9 Å². The molecule has 27 heavy (non-hydrogen) atoms. The standard InChI is InChI=1S/C22H20N2O3/c1-15-4-2-3-5-17(15)8-6-16-7-9-18-19(14-16)23-20-10-11-22(26,27)12-13-24(20)21(18)25/h2-5,7,9,14,26-27H,10-13H2,1H3. The Hall–Kier alpha value is -2.94. The number of hydrogen-bond acceptors (Lipinski definition) is 4. The summed E-state index contributed by atoms with van der Waals surface area (Å²) in [6.07, 6.45) is 0.627. The van der Waals surface area contributed by atoms with Crippen molar-refractivity contribution in [2.45, 2.75) is 38.5 Å². The van der Waals surface area contributed by atoms with Crippen LogP contribution < -0.4 is 5.56 Å². The van der Waals surface area contributed by atoms with E-state index in [1.54, 1.807) is 10.6 Å². The molecule has 0 saturated heterocycles. The van der Waals surface area contributed by atoms with Crippen LogP contribution in [0.4, 0.5) is 0 Å². The lowest BCUT2D eigenvalue weighted by Crippen LogP contribution is -2.29. The molecule has 2 aromatic carbocycles. The molecule has 0 bridgehead atoms. The maximum Gasteiger partial charge on any atom is 0.261 e. The maximum atomic E-state index is 12.8. The molecule has 0 spiro atoms. The number of aromatic nitrogens is 2. The first kappa shape index (κ1) is 17.5. The van der Waals surface area contributed by atoms with Crippen LogP contribution in [0.25, 0.3) is 10.9 Å². The predicted octanol–water partition coefficient (Wildman–Crippen LogP) is 2.12. The average molecular weight is 360 g/mol. The minimum Gasteiger partial charge on any atom is -0.366 e. The SMILES string of the molecule is Cc1ccccc1C#Cc1ccc2c(=O)n3c(nc2c1)CCC(O)(O)CC3. The van der Waals surface area contributed by atoms with E-state index in [1.165, 1.54) is 0 Å². The number of fused-ring (bicyclic) bond motifs is 2. The topological polar surface area (TPSA) is 75.4 Å². The predicted molar refractivity (Wildman–Crippen MR) is 103 cm³/mol. The van der Waals surface area contributed by atoms with Crippen LogP contribution in [0.1, 0.15) is 35.4 Å². The zero-order valence-electron chi connectivity index (χ0n) is 15.1. The lowest BCUT2D eigenvalue weighted by Gasteiger charge is -2.17. The van der Waals surface area contributed by atoms with Gasteiger partial charge in [-0.25, -0.2) is 4.98 Å². The second-order valence-electron chi connectivity index (χ2n) is 7.01. The Kier molecular flexibility index (Phi) is 4.31. The number of hydrogen-bond donors (Lipinski definition) is 2. The van der Waals surface area contributed by atoms with Gasteiger partial charge in [0.1, 0.15) is 5.82 Å². The van der Waals surface area contributed by atoms with Gasteiger partial charge in [0, 0.05) is 36.9 Å². The minimum absolute atomic E-state index is 0.118. The molecule has 0 fully saturated rings. The van der Waals surface area contributed by atoms with Gasteiger partial charge < -0.3 is 10.2 Å². The van der Waals surface area contributed by atoms with Gasteiger partial charge in [0.15, 0.2) is 5.79 Å². The lowest BCUT2D eigenvalue weighted by atomic mass is 10.1. The van der Waals surface area contributed by atoms with Crippen molar-refractivity contribution in [1.82, 2.24) is 9.55 Å². The maximum absolute atomic E-state index is 12.8. The van der Waals surface area contributed by atoms with Crippen molar-refractivity contribution < 1.29 is 10.2 Å². The summed E-state index contributed by atoms with van der Waals surface area (Å²) in [5.74, 6) is 5.14. The highest BCUT2D eigenvalue weighted by atomic mass is 16.5. The summed E-state index contributed by atoms with van der Waals surface area (Å²) in [7, 11) is 0. The van der Waals surface area contributed by atoms with Crippen LogP contribution in [0, 0.1) is 18.8 Å². The van der Waals surface area contributed by atoms with Gasteiger partial charge in [-0.2, -0.15) is 0 Å². The molecule has 0 amide bonds. The quantitative estimate of drug-likeness (QED) is 0.476. The van der Waals surface area contributed by atoms with Gasteiger partial charge >= 0.3 is 0 Å². The number of aryl methyl sites for hydroxylation is 2. The van der Waals surface area contributed by atoms with Gasteiger partial charge in [-0.1, -0.05) is 30.0 Å². The number of rotatable bonds is 0. The molecule has 136 valence electrons. The Morgan fingerprint density at radius 1 is 1.11 bits per heavy atom. The molecule has 4 rings (SSSR count). The fourth-order valence-electron chi connectivity index (χ4n) is 3.35. The zero-order valence-corrected chi connectivity index (χ0v) is 15.1. The average Bonchev–Trinajstić information content (AvgIpc) is 2.80. The van der Waals surface area contributed by atoms with Crippen LogP contribution in [0.5, 0.6) is 0 Å². The molecule has 0 unspecified atom stereocenters. The van der Waals surface area contributed by atoms with E-state index in [4.69, 9.17) is 0 Å². The lowest BCUT2D eigenvalue weighted by molar-refractivity contribution is -0.169. The molecule has 5 nitrogen and oxygen atoms in total. The van der Waals surface area contributed by atoms with E-state index in [0.29, 0.717) is 23.1 Å². The van der Waals surface area contributed by atoms with Crippen LogP contribution in [0.3, 0.4) is 0 Å². The summed E-state index contributed by atoms with van der Waals surface area (Å²) in [6.45, 7) is 2.27.